The highest BCUT2D eigenvalue weighted by atomic mass is 32.1. The van der Waals surface area contributed by atoms with Crippen LogP contribution in [-0.2, 0) is 22.6 Å². The molecule has 2 fully saturated rings. The first-order valence-electron chi connectivity index (χ1n) is 10.3. The summed E-state index contributed by atoms with van der Waals surface area (Å²) in [6.45, 7) is 6.47. The van der Waals surface area contributed by atoms with E-state index in [0.717, 1.165) is 25.3 Å². The quantitative estimate of drug-likeness (QED) is 0.318. The van der Waals surface area contributed by atoms with E-state index in [2.05, 4.69) is 46.8 Å². The highest BCUT2D eigenvalue weighted by Crippen LogP contribution is 2.52. The largest absolute Gasteiger partial charge is 0.357 e. The number of imide groups is 1. The summed E-state index contributed by atoms with van der Waals surface area (Å²) in [6.07, 6.45) is 6.27. The molecule has 2 heterocycles. The lowest BCUT2D eigenvalue weighted by molar-refractivity contribution is -0.140. The van der Waals surface area contributed by atoms with Crippen molar-refractivity contribution in [3.8, 4) is 0 Å². The number of aliphatic imine (C=N–C) groups is 1. The van der Waals surface area contributed by atoms with Crippen molar-refractivity contribution in [2.24, 2.45) is 28.7 Å². The van der Waals surface area contributed by atoms with Gasteiger partial charge in [-0.25, -0.2) is 4.99 Å². The Bertz CT molecular complexity index is 785. The third-order valence-corrected chi connectivity index (χ3v) is 7.21. The van der Waals surface area contributed by atoms with Crippen molar-refractivity contribution >= 4 is 29.1 Å². The lowest BCUT2D eigenvalue weighted by atomic mass is 9.85. The molecule has 6 nitrogen and oxygen atoms in total. The number of thiophene rings is 1. The average molecular weight is 401 g/mol. The SMILES string of the molecule is CCNC(=NCc1ccc(CC)s1)NCCN1C(=O)C2C3C=CC(C3)C2C1=O. The van der Waals surface area contributed by atoms with E-state index in [1.165, 1.54) is 14.7 Å². The van der Waals surface area contributed by atoms with Gasteiger partial charge in [0.25, 0.3) is 0 Å². The number of nitrogens with one attached hydrogen (secondary N) is 2. The van der Waals surface area contributed by atoms with Crippen molar-refractivity contribution < 1.29 is 9.59 Å². The fraction of sp³-hybridized carbons (Fsp3) is 0.571. The highest BCUT2D eigenvalue weighted by molar-refractivity contribution is 7.11. The topological polar surface area (TPSA) is 73.8 Å². The summed E-state index contributed by atoms with van der Waals surface area (Å²) in [4.78, 5) is 34.1. The molecule has 0 aromatic carbocycles. The van der Waals surface area contributed by atoms with Crippen LogP contribution in [0.1, 0.15) is 30.0 Å². The number of nitrogens with zero attached hydrogens (tertiary/aromatic N) is 2. The number of fused-ring (bicyclic) bond motifs is 5. The summed E-state index contributed by atoms with van der Waals surface area (Å²) in [7, 11) is 0. The van der Waals surface area contributed by atoms with E-state index in [4.69, 9.17) is 0 Å². The first-order valence-corrected chi connectivity index (χ1v) is 11.1. The third kappa shape index (κ3) is 3.48. The lowest BCUT2D eigenvalue weighted by Crippen LogP contribution is -2.43. The molecule has 2 amide bonds. The van der Waals surface area contributed by atoms with Gasteiger partial charge in [-0.15, -0.1) is 11.3 Å². The molecule has 7 heteroatoms. The van der Waals surface area contributed by atoms with E-state index >= 15 is 0 Å². The maximum Gasteiger partial charge on any atom is 0.233 e. The second-order valence-corrected chi connectivity index (χ2v) is 8.92. The predicted octanol–water partition coefficient (Wildman–Crippen LogP) is 2.17. The fourth-order valence-electron chi connectivity index (χ4n) is 4.67. The summed E-state index contributed by atoms with van der Waals surface area (Å²) in [6, 6.07) is 4.28. The van der Waals surface area contributed by atoms with Crippen molar-refractivity contribution in [3.05, 3.63) is 34.0 Å². The van der Waals surface area contributed by atoms with Gasteiger partial charge in [0.1, 0.15) is 0 Å². The standard InChI is InChI=1S/C21H28N4O2S/c1-3-15-7-8-16(28-15)12-24-21(22-4-2)23-9-10-25-19(26)17-13-5-6-14(11-13)18(17)20(25)27/h5-8,13-14,17-18H,3-4,9-12H2,1-2H3,(H2,22,23,24). The number of hydrogen-bond acceptors (Lipinski definition) is 4. The van der Waals surface area contributed by atoms with Crippen molar-refractivity contribution in [1.82, 2.24) is 15.5 Å². The van der Waals surface area contributed by atoms with Crippen molar-refractivity contribution in [2.75, 3.05) is 19.6 Å². The van der Waals surface area contributed by atoms with Crippen LogP contribution in [-0.4, -0.2) is 42.3 Å². The van der Waals surface area contributed by atoms with E-state index < -0.39 is 0 Å². The zero-order chi connectivity index (χ0) is 19.7. The number of carbonyl (C=O) groups is 2. The molecule has 4 rings (SSSR count). The van der Waals surface area contributed by atoms with Gasteiger partial charge < -0.3 is 10.6 Å². The Kier molecular flexibility index (Phi) is 5.53. The minimum atomic E-state index is -0.115. The molecule has 4 unspecified atom stereocenters. The van der Waals surface area contributed by atoms with Crippen molar-refractivity contribution in [3.63, 3.8) is 0 Å². The first-order chi connectivity index (χ1) is 13.6. The van der Waals surface area contributed by atoms with E-state index in [0.29, 0.717) is 19.6 Å². The van der Waals surface area contributed by atoms with Crippen LogP contribution in [0.3, 0.4) is 0 Å². The molecule has 28 heavy (non-hydrogen) atoms. The molecule has 2 N–H and O–H groups in total. The van der Waals surface area contributed by atoms with Crippen LogP contribution >= 0.6 is 11.3 Å². The molecule has 1 saturated heterocycles. The Morgan fingerprint density at radius 3 is 2.39 bits per heavy atom. The summed E-state index contributed by atoms with van der Waals surface area (Å²) in [5.41, 5.74) is 0. The molecule has 3 aliphatic rings. The summed E-state index contributed by atoms with van der Waals surface area (Å²) in [5.74, 6) is 1.05. The molecule has 0 radical (unpaired) electrons. The zero-order valence-electron chi connectivity index (χ0n) is 16.5. The maximum atomic E-state index is 12.7. The predicted molar refractivity (Wildman–Crippen MR) is 111 cm³/mol. The number of amides is 2. The van der Waals surface area contributed by atoms with Gasteiger partial charge in [-0.2, -0.15) is 0 Å². The van der Waals surface area contributed by atoms with Gasteiger partial charge in [-0.05, 0) is 43.7 Å². The van der Waals surface area contributed by atoms with Gasteiger partial charge in [0.15, 0.2) is 5.96 Å². The summed E-state index contributed by atoms with van der Waals surface area (Å²) >= 11 is 1.79. The van der Waals surface area contributed by atoms with Gasteiger partial charge >= 0.3 is 0 Å². The van der Waals surface area contributed by atoms with E-state index in [1.807, 2.05) is 6.92 Å². The van der Waals surface area contributed by atoms with Crippen LogP contribution in [0, 0.1) is 23.7 Å². The van der Waals surface area contributed by atoms with Crippen LogP contribution < -0.4 is 10.6 Å². The third-order valence-electron chi connectivity index (χ3n) is 5.99. The molecular formula is C21H28N4O2S. The Balaban J connectivity index is 1.32. The van der Waals surface area contributed by atoms with Gasteiger partial charge in [0.2, 0.25) is 11.8 Å². The fourth-order valence-corrected chi connectivity index (χ4v) is 5.55. The monoisotopic (exact) mass is 400 g/mol. The second-order valence-electron chi connectivity index (χ2n) is 7.67. The second kappa shape index (κ2) is 8.07. The number of likely N-dealkylation sites (tertiary alicyclic amines) is 1. The molecule has 150 valence electrons. The molecule has 4 atom stereocenters. The van der Waals surface area contributed by atoms with E-state index in [-0.39, 0.29) is 35.5 Å². The van der Waals surface area contributed by atoms with Gasteiger partial charge in [-0.1, -0.05) is 19.1 Å². The number of hydrogen-bond donors (Lipinski definition) is 2. The molecule has 1 aromatic heterocycles. The first kappa shape index (κ1) is 19.2. The Morgan fingerprint density at radius 2 is 1.79 bits per heavy atom. The molecule has 1 aliphatic heterocycles. The average Bonchev–Trinajstić information content (AvgIpc) is 3.46. The van der Waals surface area contributed by atoms with Crippen molar-refractivity contribution in [2.45, 2.75) is 33.2 Å². The minimum Gasteiger partial charge on any atom is -0.357 e. The summed E-state index contributed by atoms with van der Waals surface area (Å²) < 4.78 is 0. The van der Waals surface area contributed by atoms with Crippen LogP contribution in [0.5, 0.6) is 0 Å². The normalized spacial score (nSPS) is 28.4. The smallest absolute Gasteiger partial charge is 0.233 e. The molecule has 1 aromatic rings. The van der Waals surface area contributed by atoms with Gasteiger partial charge in [-0.3, -0.25) is 14.5 Å². The van der Waals surface area contributed by atoms with Crippen LogP contribution in [0.15, 0.2) is 29.3 Å². The zero-order valence-corrected chi connectivity index (χ0v) is 17.3. The maximum absolute atomic E-state index is 12.7. The molecule has 2 bridgehead atoms. The van der Waals surface area contributed by atoms with Crippen molar-refractivity contribution in [1.29, 1.82) is 0 Å². The van der Waals surface area contributed by atoms with E-state index in [1.54, 1.807) is 11.3 Å². The Labute approximate surface area is 170 Å². The molecule has 2 aliphatic carbocycles. The molecular weight excluding hydrogens is 372 g/mol. The number of allylic oxidation sites excluding steroid dienone is 2. The van der Waals surface area contributed by atoms with Gasteiger partial charge in [0, 0.05) is 29.4 Å². The Hall–Kier alpha value is -2.15. The minimum absolute atomic E-state index is 0.0151. The number of aryl methyl sites for hydroxylation is 1. The van der Waals surface area contributed by atoms with Crippen LogP contribution in [0.4, 0.5) is 0 Å². The molecule has 0 spiro atoms. The highest BCUT2D eigenvalue weighted by Gasteiger charge is 2.58. The summed E-state index contributed by atoms with van der Waals surface area (Å²) in [5, 5.41) is 6.50. The number of rotatable bonds is 7. The lowest BCUT2D eigenvalue weighted by Gasteiger charge is -2.18. The number of carbonyl (C=O) groups excluding carboxylic acids is 2. The van der Waals surface area contributed by atoms with Crippen LogP contribution in [0.25, 0.3) is 0 Å². The van der Waals surface area contributed by atoms with Gasteiger partial charge in [0.05, 0.1) is 18.4 Å². The van der Waals surface area contributed by atoms with Crippen LogP contribution in [0.2, 0.25) is 0 Å². The molecule has 1 saturated carbocycles. The van der Waals surface area contributed by atoms with E-state index in [9.17, 15) is 9.59 Å². The Morgan fingerprint density at radius 1 is 1.11 bits per heavy atom. The number of guanidine groups is 1.